The summed E-state index contributed by atoms with van der Waals surface area (Å²) < 4.78 is 48.6. The van der Waals surface area contributed by atoms with E-state index in [1.54, 1.807) is 0 Å². The Morgan fingerprint density at radius 2 is 1.90 bits per heavy atom. The van der Waals surface area contributed by atoms with Gasteiger partial charge in [0, 0.05) is 24.5 Å². The van der Waals surface area contributed by atoms with Gasteiger partial charge in [0.05, 0.1) is 25.3 Å². The molecule has 30 heavy (non-hydrogen) atoms. The van der Waals surface area contributed by atoms with Crippen molar-refractivity contribution in [2.75, 3.05) is 23.0 Å². The van der Waals surface area contributed by atoms with Crippen LogP contribution in [-0.2, 0) is 11.3 Å². The summed E-state index contributed by atoms with van der Waals surface area (Å²) in [5, 5.41) is 0.0551. The fourth-order valence-corrected chi connectivity index (χ4v) is 4.30. The first-order chi connectivity index (χ1) is 14.2. The van der Waals surface area contributed by atoms with Crippen molar-refractivity contribution in [3.63, 3.8) is 0 Å². The number of fused-ring (bicyclic) bond motifs is 1. The van der Waals surface area contributed by atoms with Gasteiger partial charge in [-0.25, -0.2) is 4.98 Å². The van der Waals surface area contributed by atoms with Gasteiger partial charge in [-0.15, -0.1) is 0 Å². The Hall–Kier alpha value is -2.33. The van der Waals surface area contributed by atoms with E-state index in [4.69, 9.17) is 16.3 Å². The fraction of sp³-hybridized carbons (Fsp3) is 0.526. The molecule has 0 aromatic carbocycles. The van der Waals surface area contributed by atoms with E-state index in [9.17, 15) is 18.0 Å². The molecule has 1 unspecified atom stereocenters. The first kappa shape index (κ1) is 20.9. The molecule has 7 nitrogen and oxygen atoms in total. The molecule has 0 N–H and O–H groups in total. The molecular formula is C19H21ClF3N5O2. The smallest absolute Gasteiger partial charge is 0.377 e. The van der Waals surface area contributed by atoms with E-state index in [-0.39, 0.29) is 41.8 Å². The number of halogens is 4. The van der Waals surface area contributed by atoms with Crippen LogP contribution < -0.4 is 15.4 Å². The van der Waals surface area contributed by atoms with Crippen molar-refractivity contribution in [2.45, 2.75) is 51.1 Å². The lowest BCUT2D eigenvalue weighted by Crippen LogP contribution is -2.52. The van der Waals surface area contributed by atoms with Gasteiger partial charge in [0.1, 0.15) is 17.0 Å². The Bertz CT molecular complexity index is 989. The molecule has 0 bridgehead atoms. The lowest BCUT2D eigenvalue weighted by atomic mass is 10.1. The van der Waals surface area contributed by atoms with Crippen LogP contribution >= 0.6 is 11.6 Å². The Labute approximate surface area is 176 Å². The number of nitrogens with zero attached hydrogens (tertiary/aromatic N) is 5. The molecule has 1 fully saturated rings. The highest BCUT2D eigenvalue weighted by molar-refractivity contribution is 6.29. The van der Waals surface area contributed by atoms with Crippen LogP contribution in [0.4, 0.5) is 30.6 Å². The first-order valence-corrected chi connectivity index (χ1v) is 10.00. The highest BCUT2D eigenvalue weighted by Crippen LogP contribution is 2.39. The molecule has 4 heterocycles. The average molecular weight is 444 g/mol. The maximum Gasteiger partial charge on any atom is 0.409 e. The van der Waals surface area contributed by atoms with E-state index >= 15 is 0 Å². The summed E-state index contributed by atoms with van der Waals surface area (Å²) in [4.78, 5) is 24.2. The summed E-state index contributed by atoms with van der Waals surface area (Å²) in [6.45, 7) is 4.66. The van der Waals surface area contributed by atoms with Crippen LogP contribution in [0.25, 0.3) is 0 Å². The SMILES string of the molecule is C[C@@H]1COC[C@@H](C)N1c1cc(=O)n2c(n1)N(c1ccnc(Cl)c1)C(C(F)(F)F)CC2. The van der Waals surface area contributed by atoms with Crippen molar-refractivity contribution in [3.05, 3.63) is 39.9 Å². The number of hydrogen-bond donors (Lipinski definition) is 0. The van der Waals surface area contributed by atoms with Crippen molar-refractivity contribution in [3.8, 4) is 0 Å². The van der Waals surface area contributed by atoms with Gasteiger partial charge < -0.3 is 9.64 Å². The summed E-state index contributed by atoms with van der Waals surface area (Å²) in [6.07, 6.45) is -3.46. The van der Waals surface area contributed by atoms with Gasteiger partial charge in [0.2, 0.25) is 5.95 Å². The molecule has 3 atom stereocenters. The van der Waals surface area contributed by atoms with Crippen LogP contribution in [0.2, 0.25) is 5.15 Å². The van der Waals surface area contributed by atoms with Crippen LogP contribution in [-0.4, -0.2) is 52.1 Å². The summed E-state index contributed by atoms with van der Waals surface area (Å²) >= 11 is 5.95. The molecule has 11 heteroatoms. The van der Waals surface area contributed by atoms with E-state index in [0.717, 1.165) is 4.90 Å². The maximum absolute atomic E-state index is 13.9. The maximum atomic E-state index is 13.9. The predicted octanol–water partition coefficient (Wildman–Crippen LogP) is 3.38. The monoisotopic (exact) mass is 443 g/mol. The number of alkyl halides is 3. The Kier molecular flexibility index (Phi) is 5.39. The minimum atomic E-state index is -4.52. The summed E-state index contributed by atoms with van der Waals surface area (Å²) in [7, 11) is 0. The van der Waals surface area contributed by atoms with Gasteiger partial charge in [-0.1, -0.05) is 11.6 Å². The van der Waals surface area contributed by atoms with Gasteiger partial charge >= 0.3 is 6.18 Å². The van der Waals surface area contributed by atoms with Gasteiger partial charge in [0.15, 0.2) is 0 Å². The average Bonchev–Trinajstić information content (AvgIpc) is 2.66. The van der Waals surface area contributed by atoms with Crippen LogP contribution in [0, 0.1) is 0 Å². The van der Waals surface area contributed by atoms with Gasteiger partial charge in [-0.3, -0.25) is 14.3 Å². The second-order valence-electron chi connectivity index (χ2n) is 7.60. The summed E-state index contributed by atoms with van der Waals surface area (Å²) in [5.74, 6) is 0.279. The van der Waals surface area contributed by atoms with Crippen molar-refractivity contribution in [1.82, 2.24) is 14.5 Å². The Balaban J connectivity index is 1.89. The standard InChI is InChI=1S/C19H21ClF3N5O2/c1-11-9-30-10-12(2)27(11)16-8-17(29)26-6-4-14(19(21,22)23)28(18(26)25-16)13-3-5-24-15(20)7-13/h3,5,7-8,11-12,14H,4,6,9-10H2,1-2H3/t11-,12-,14?/m1/s1. The topological polar surface area (TPSA) is 63.5 Å². The van der Waals surface area contributed by atoms with Crippen LogP contribution in [0.1, 0.15) is 20.3 Å². The Morgan fingerprint density at radius 3 is 2.53 bits per heavy atom. The van der Waals surface area contributed by atoms with Crippen LogP contribution in [0.5, 0.6) is 0 Å². The quantitative estimate of drug-likeness (QED) is 0.663. The van der Waals surface area contributed by atoms with Crippen LogP contribution in [0.3, 0.4) is 0 Å². The molecule has 0 aliphatic carbocycles. The third-order valence-corrected chi connectivity index (χ3v) is 5.63. The molecular weight excluding hydrogens is 423 g/mol. The van der Waals surface area contributed by atoms with E-state index in [2.05, 4.69) is 9.97 Å². The van der Waals surface area contributed by atoms with E-state index in [0.29, 0.717) is 19.0 Å². The molecule has 0 amide bonds. The molecule has 2 aromatic rings. The molecule has 2 aliphatic rings. The Morgan fingerprint density at radius 1 is 1.20 bits per heavy atom. The van der Waals surface area contributed by atoms with E-state index in [1.165, 1.54) is 29.0 Å². The number of hydrogen-bond acceptors (Lipinski definition) is 6. The third kappa shape index (κ3) is 3.74. The second kappa shape index (κ2) is 7.73. The highest BCUT2D eigenvalue weighted by atomic mass is 35.5. The van der Waals surface area contributed by atoms with Crippen molar-refractivity contribution < 1.29 is 17.9 Å². The van der Waals surface area contributed by atoms with Crippen LogP contribution in [0.15, 0.2) is 29.2 Å². The number of aromatic nitrogens is 3. The van der Waals surface area contributed by atoms with Crippen molar-refractivity contribution in [2.24, 2.45) is 0 Å². The predicted molar refractivity (Wildman–Crippen MR) is 107 cm³/mol. The van der Waals surface area contributed by atoms with Gasteiger partial charge in [-0.05, 0) is 32.4 Å². The zero-order valence-electron chi connectivity index (χ0n) is 16.4. The fourth-order valence-electron chi connectivity index (χ4n) is 4.13. The summed E-state index contributed by atoms with van der Waals surface area (Å²) in [6, 6.07) is 2.17. The number of rotatable bonds is 2. The molecule has 0 saturated carbocycles. The zero-order chi connectivity index (χ0) is 21.6. The number of anilines is 3. The molecule has 0 spiro atoms. The first-order valence-electron chi connectivity index (χ1n) is 9.62. The third-order valence-electron chi connectivity index (χ3n) is 5.43. The van der Waals surface area contributed by atoms with E-state index < -0.39 is 17.8 Å². The number of ether oxygens (including phenoxy) is 1. The lowest BCUT2D eigenvalue weighted by Gasteiger charge is -2.42. The van der Waals surface area contributed by atoms with E-state index in [1.807, 2.05) is 18.7 Å². The molecule has 2 aliphatic heterocycles. The molecule has 1 saturated heterocycles. The minimum Gasteiger partial charge on any atom is -0.377 e. The lowest BCUT2D eigenvalue weighted by molar-refractivity contribution is -0.150. The second-order valence-corrected chi connectivity index (χ2v) is 7.99. The molecule has 4 rings (SSSR count). The zero-order valence-corrected chi connectivity index (χ0v) is 17.2. The number of pyridine rings is 1. The summed E-state index contributed by atoms with van der Waals surface area (Å²) in [5.41, 5.74) is -0.218. The molecule has 2 aromatic heterocycles. The highest BCUT2D eigenvalue weighted by Gasteiger charge is 2.47. The number of morpholine rings is 1. The minimum absolute atomic E-state index is 0.0551. The molecule has 0 radical (unpaired) electrons. The molecule has 162 valence electrons. The largest absolute Gasteiger partial charge is 0.409 e. The van der Waals surface area contributed by atoms with Gasteiger partial charge in [-0.2, -0.15) is 18.2 Å². The normalized spacial score (nSPS) is 24.7. The van der Waals surface area contributed by atoms with Crippen molar-refractivity contribution in [1.29, 1.82) is 0 Å². The van der Waals surface area contributed by atoms with Gasteiger partial charge in [0.25, 0.3) is 5.56 Å². The van der Waals surface area contributed by atoms with Crippen molar-refractivity contribution >= 4 is 29.1 Å².